The van der Waals surface area contributed by atoms with Gasteiger partial charge in [-0.25, -0.2) is 13.4 Å². The molecule has 0 spiro atoms. The summed E-state index contributed by atoms with van der Waals surface area (Å²) in [4.78, 5) is 21.0. The van der Waals surface area contributed by atoms with Gasteiger partial charge in [0.1, 0.15) is 0 Å². The molecule has 3 rings (SSSR count). The van der Waals surface area contributed by atoms with E-state index in [0.717, 1.165) is 28.6 Å². The Morgan fingerprint density at radius 1 is 1.18 bits per heavy atom. The van der Waals surface area contributed by atoms with Gasteiger partial charge in [-0.3, -0.25) is 9.69 Å². The van der Waals surface area contributed by atoms with Crippen molar-refractivity contribution in [3.63, 3.8) is 0 Å². The first kappa shape index (κ1) is 20.4. The van der Waals surface area contributed by atoms with E-state index in [2.05, 4.69) is 0 Å². The number of aryl methyl sites for hydroxylation is 1. The number of sulfone groups is 1. The maximum Gasteiger partial charge on any atom is 0.260 e. The Bertz CT molecular complexity index is 1120. The predicted octanol–water partition coefficient (Wildman–Crippen LogP) is 1.80. The Balaban J connectivity index is 2.04. The molecule has 2 aromatic carbocycles. The number of aromatic nitrogens is 1. The molecular weight excluding hydrogens is 394 g/mol. The Morgan fingerprint density at radius 3 is 2.54 bits per heavy atom. The zero-order valence-electron chi connectivity index (χ0n) is 16.4. The van der Waals surface area contributed by atoms with E-state index in [0.29, 0.717) is 17.2 Å². The van der Waals surface area contributed by atoms with Crippen molar-refractivity contribution in [3.05, 3.63) is 53.6 Å². The van der Waals surface area contributed by atoms with Crippen LogP contribution in [-0.4, -0.2) is 52.7 Å². The Kier molecular flexibility index (Phi) is 5.83. The SMILES string of the molecule is Cc1cccc2sc(N(CC[NH+](C)C)C(=O)c3cccc(S(C)(=O)=O)c3)nc12. The second-order valence-corrected chi connectivity index (χ2v) is 10.2. The van der Waals surface area contributed by atoms with Gasteiger partial charge in [-0.15, -0.1) is 0 Å². The standard InChI is InChI=1S/C20H23N3O3S2/c1-14-7-5-10-17-18(14)21-20(27-17)23(12-11-22(2)3)19(24)15-8-6-9-16(13-15)28(4,25)26/h5-10,13H,11-12H2,1-4H3/p+1. The molecule has 8 heteroatoms. The summed E-state index contributed by atoms with van der Waals surface area (Å²) in [6, 6.07) is 12.1. The fourth-order valence-electron chi connectivity index (χ4n) is 2.83. The lowest BCUT2D eigenvalue weighted by atomic mass is 10.2. The first-order valence-electron chi connectivity index (χ1n) is 8.94. The molecule has 0 saturated heterocycles. The van der Waals surface area contributed by atoms with E-state index >= 15 is 0 Å². The van der Waals surface area contributed by atoms with E-state index < -0.39 is 9.84 Å². The molecule has 6 nitrogen and oxygen atoms in total. The normalized spacial score (nSPS) is 11.9. The highest BCUT2D eigenvalue weighted by Crippen LogP contribution is 2.31. The van der Waals surface area contributed by atoms with Gasteiger partial charge in [-0.2, -0.15) is 0 Å². The molecule has 1 heterocycles. The number of rotatable bonds is 6. The molecule has 0 atom stereocenters. The van der Waals surface area contributed by atoms with Crippen LogP contribution in [0.1, 0.15) is 15.9 Å². The maximum absolute atomic E-state index is 13.3. The van der Waals surface area contributed by atoms with E-state index in [1.165, 1.54) is 28.4 Å². The summed E-state index contributed by atoms with van der Waals surface area (Å²) in [5.74, 6) is -0.247. The minimum Gasteiger partial charge on any atom is -0.338 e. The summed E-state index contributed by atoms with van der Waals surface area (Å²) < 4.78 is 24.8. The number of thiazole rings is 1. The number of quaternary nitrogens is 1. The molecule has 0 aliphatic rings. The number of carbonyl (C=O) groups excluding carboxylic acids is 1. The fraction of sp³-hybridized carbons (Fsp3) is 0.300. The number of hydrogen-bond acceptors (Lipinski definition) is 5. The van der Waals surface area contributed by atoms with Crippen molar-refractivity contribution < 1.29 is 18.1 Å². The predicted molar refractivity (Wildman–Crippen MR) is 113 cm³/mol. The quantitative estimate of drug-likeness (QED) is 0.663. The van der Waals surface area contributed by atoms with Crippen molar-refractivity contribution in [2.24, 2.45) is 0 Å². The molecule has 0 unspecified atom stereocenters. The molecule has 0 saturated carbocycles. The number of carbonyl (C=O) groups is 1. The molecule has 0 radical (unpaired) electrons. The van der Waals surface area contributed by atoms with E-state index in [9.17, 15) is 13.2 Å². The summed E-state index contributed by atoms with van der Waals surface area (Å²) in [5, 5.41) is 0.625. The van der Waals surface area contributed by atoms with Gasteiger partial charge in [-0.1, -0.05) is 29.5 Å². The van der Waals surface area contributed by atoms with Gasteiger partial charge in [0.2, 0.25) is 0 Å². The van der Waals surface area contributed by atoms with Crippen molar-refractivity contribution in [3.8, 4) is 0 Å². The van der Waals surface area contributed by atoms with E-state index in [1.54, 1.807) is 17.0 Å². The van der Waals surface area contributed by atoms with Crippen LogP contribution in [0.25, 0.3) is 10.2 Å². The molecule has 1 aromatic heterocycles. The van der Waals surface area contributed by atoms with E-state index in [-0.39, 0.29) is 10.8 Å². The smallest absolute Gasteiger partial charge is 0.260 e. The molecule has 0 aliphatic heterocycles. The van der Waals surface area contributed by atoms with Gasteiger partial charge in [0.05, 0.1) is 42.3 Å². The van der Waals surface area contributed by atoms with Crippen molar-refractivity contribution in [2.45, 2.75) is 11.8 Å². The Hall–Kier alpha value is -2.29. The number of nitrogens with one attached hydrogen (secondary N) is 1. The fourth-order valence-corrected chi connectivity index (χ4v) is 4.56. The molecular formula is C20H24N3O3S2+. The van der Waals surface area contributed by atoms with Gasteiger partial charge in [0.25, 0.3) is 5.91 Å². The van der Waals surface area contributed by atoms with Gasteiger partial charge >= 0.3 is 0 Å². The van der Waals surface area contributed by atoms with Crippen LogP contribution in [0.5, 0.6) is 0 Å². The monoisotopic (exact) mass is 418 g/mol. The van der Waals surface area contributed by atoms with Crippen LogP contribution in [0.4, 0.5) is 5.13 Å². The summed E-state index contributed by atoms with van der Waals surface area (Å²) >= 11 is 1.47. The summed E-state index contributed by atoms with van der Waals surface area (Å²) in [5.41, 5.74) is 2.29. The topological polar surface area (TPSA) is 71.8 Å². The average molecular weight is 419 g/mol. The first-order chi connectivity index (χ1) is 13.2. The van der Waals surface area contributed by atoms with Crippen LogP contribution in [0.15, 0.2) is 47.4 Å². The number of fused-ring (bicyclic) bond motifs is 1. The lowest BCUT2D eigenvalue weighted by Gasteiger charge is -2.21. The minimum absolute atomic E-state index is 0.136. The van der Waals surface area contributed by atoms with Crippen LogP contribution in [0, 0.1) is 6.92 Å². The molecule has 0 aliphatic carbocycles. The molecule has 0 bridgehead atoms. The van der Waals surface area contributed by atoms with Crippen molar-refractivity contribution in [1.82, 2.24) is 4.98 Å². The number of likely N-dealkylation sites (N-methyl/N-ethyl adjacent to an activating group) is 1. The number of amides is 1. The highest BCUT2D eigenvalue weighted by molar-refractivity contribution is 7.90. The largest absolute Gasteiger partial charge is 0.338 e. The Morgan fingerprint density at radius 2 is 1.89 bits per heavy atom. The van der Waals surface area contributed by atoms with Gasteiger partial charge in [0, 0.05) is 11.8 Å². The van der Waals surface area contributed by atoms with Crippen LogP contribution in [0.2, 0.25) is 0 Å². The summed E-state index contributed by atoms with van der Waals surface area (Å²) in [7, 11) is 0.658. The molecule has 28 heavy (non-hydrogen) atoms. The van der Waals surface area contributed by atoms with Crippen molar-refractivity contribution in [1.29, 1.82) is 0 Å². The molecule has 0 fully saturated rings. The highest BCUT2D eigenvalue weighted by Gasteiger charge is 2.23. The van der Waals surface area contributed by atoms with E-state index in [4.69, 9.17) is 4.98 Å². The molecule has 3 aromatic rings. The number of nitrogens with zero attached hydrogens (tertiary/aromatic N) is 2. The summed E-state index contributed by atoms with van der Waals surface area (Å²) in [6.45, 7) is 3.23. The van der Waals surface area contributed by atoms with Crippen LogP contribution < -0.4 is 9.80 Å². The van der Waals surface area contributed by atoms with Crippen LogP contribution in [0.3, 0.4) is 0 Å². The lowest BCUT2D eigenvalue weighted by molar-refractivity contribution is -0.856. The number of hydrogen-bond donors (Lipinski definition) is 1. The second kappa shape index (κ2) is 7.98. The van der Waals surface area contributed by atoms with E-state index in [1.807, 2.05) is 39.2 Å². The molecule has 1 N–H and O–H groups in total. The highest BCUT2D eigenvalue weighted by atomic mass is 32.2. The zero-order valence-corrected chi connectivity index (χ0v) is 18.0. The van der Waals surface area contributed by atoms with Gasteiger partial charge < -0.3 is 4.90 Å². The maximum atomic E-state index is 13.3. The van der Waals surface area contributed by atoms with Crippen LogP contribution in [-0.2, 0) is 9.84 Å². The van der Waals surface area contributed by atoms with Crippen molar-refractivity contribution >= 4 is 42.4 Å². The molecule has 1 amide bonds. The third-order valence-corrected chi connectivity index (χ3v) is 6.58. The number of anilines is 1. The third-order valence-electron chi connectivity index (χ3n) is 4.43. The lowest BCUT2D eigenvalue weighted by Crippen LogP contribution is -3.06. The zero-order chi connectivity index (χ0) is 20.5. The van der Waals surface area contributed by atoms with Crippen LogP contribution >= 0.6 is 11.3 Å². The van der Waals surface area contributed by atoms with Gasteiger partial charge in [-0.05, 0) is 36.8 Å². The molecule has 148 valence electrons. The Labute approximate surface area is 169 Å². The average Bonchev–Trinajstić information content (AvgIpc) is 3.06. The third kappa shape index (κ3) is 4.40. The minimum atomic E-state index is -3.39. The number of benzene rings is 2. The summed E-state index contributed by atoms with van der Waals surface area (Å²) in [6.07, 6.45) is 1.14. The van der Waals surface area contributed by atoms with Crippen molar-refractivity contribution in [2.75, 3.05) is 38.3 Å². The van der Waals surface area contributed by atoms with Gasteiger partial charge in [0.15, 0.2) is 15.0 Å². The second-order valence-electron chi connectivity index (χ2n) is 7.13. The first-order valence-corrected chi connectivity index (χ1v) is 11.6. The number of para-hydroxylation sites is 1.